The van der Waals surface area contributed by atoms with Gasteiger partial charge in [0.2, 0.25) is 0 Å². The van der Waals surface area contributed by atoms with Gasteiger partial charge in [0.15, 0.2) is 5.88 Å². The van der Waals surface area contributed by atoms with Crippen molar-refractivity contribution in [2.24, 2.45) is 5.41 Å². The summed E-state index contributed by atoms with van der Waals surface area (Å²) in [5, 5.41) is 3.33. The predicted molar refractivity (Wildman–Crippen MR) is 101 cm³/mol. The van der Waals surface area contributed by atoms with E-state index in [1.54, 1.807) is 0 Å². The molecule has 1 aliphatic rings. The quantitative estimate of drug-likeness (QED) is 0.346. The zero-order valence-corrected chi connectivity index (χ0v) is 15.9. The number of nitrogens with one attached hydrogen (secondary N) is 1. The molecule has 0 bridgehead atoms. The van der Waals surface area contributed by atoms with Crippen molar-refractivity contribution in [3.05, 3.63) is 24.4 Å². The third-order valence-electron chi connectivity index (χ3n) is 5.53. The Hall–Kier alpha value is -0.920. The molecule has 0 aliphatic carbocycles. The van der Waals surface area contributed by atoms with Gasteiger partial charge < -0.3 is 10.1 Å². The fourth-order valence-corrected chi connectivity index (χ4v) is 3.67. The van der Waals surface area contributed by atoms with Gasteiger partial charge in [0.05, 0.1) is 5.70 Å². The van der Waals surface area contributed by atoms with Crippen LogP contribution in [0.2, 0.25) is 0 Å². The van der Waals surface area contributed by atoms with Gasteiger partial charge >= 0.3 is 0 Å². The van der Waals surface area contributed by atoms with Crippen LogP contribution in [-0.4, -0.2) is 0 Å². The van der Waals surface area contributed by atoms with E-state index in [9.17, 15) is 0 Å². The summed E-state index contributed by atoms with van der Waals surface area (Å²) in [7, 11) is 0. The molecule has 0 saturated carbocycles. The Morgan fingerprint density at radius 3 is 1.83 bits per heavy atom. The van der Waals surface area contributed by atoms with Gasteiger partial charge in [-0.25, -0.2) is 0 Å². The van der Waals surface area contributed by atoms with Crippen molar-refractivity contribution < 1.29 is 4.74 Å². The third kappa shape index (κ3) is 7.01. The van der Waals surface area contributed by atoms with E-state index in [2.05, 4.69) is 32.7 Å². The average molecular weight is 322 g/mol. The molecule has 23 heavy (non-hydrogen) atoms. The van der Waals surface area contributed by atoms with E-state index >= 15 is 0 Å². The predicted octanol–water partition coefficient (Wildman–Crippen LogP) is 7.04. The lowest BCUT2D eigenvalue weighted by atomic mass is 9.75. The van der Waals surface area contributed by atoms with Gasteiger partial charge in [0, 0.05) is 5.41 Å². The zero-order valence-electron chi connectivity index (χ0n) is 15.9. The van der Waals surface area contributed by atoms with Crippen LogP contribution in [0, 0.1) is 5.41 Å². The van der Waals surface area contributed by atoms with Gasteiger partial charge in [-0.1, -0.05) is 85.0 Å². The Kier molecular flexibility index (Phi) is 10.1. The molecule has 1 aliphatic heterocycles. The molecule has 1 heterocycles. The maximum absolute atomic E-state index is 5.41. The van der Waals surface area contributed by atoms with Gasteiger partial charge in [0.25, 0.3) is 0 Å². The summed E-state index contributed by atoms with van der Waals surface area (Å²) in [6.07, 6.45) is 19.5. The summed E-state index contributed by atoms with van der Waals surface area (Å²) >= 11 is 0. The minimum Gasteiger partial charge on any atom is -0.448 e. The molecule has 0 amide bonds. The van der Waals surface area contributed by atoms with Crippen molar-refractivity contribution in [1.29, 1.82) is 0 Å². The van der Waals surface area contributed by atoms with Crippen LogP contribution in [0.25, 0.3) is 0 Å². The fraction of sp³-hybridized carbons (Fsp3) is 0.810. The van der Waals surface area contributed by atoms with Crippen LogP contribution in [0.5, 0.6) is 0 Å². The fourth-order valence-electron chi connectivity index (χ4n) is 3.67. The molecule has 2 nitrogen and oxygen atoms in total. The lowest BCUT2D eigenvalue weighted by Gasteiger charge is -2.32. The van der Waals surface area contributed by atoms with E-state index < -0.39 is 0 Å². The second kappa shape index (κ2) is 11.6. The summed E-state index contributed by atoms with van der Waals surface area (Å²) < 4.78 is 5.41. The third-order valence-corrected chi connectivity index (χ3v) is 5.53. The SMILES string of the molecule is C=C1NC(C(CC)(CC)CCCCCCCCCCCC)=CO1. The zero-order chi connectivity index (χ0) is 17.0. The van der Waals surface area contributed by atoms with Crippen LogP contribution in [-0.2, 0) is 4.74 Å². The minimum absolute atomic E-state index is 0.250. The second-order valence-corrected chi connectivity index (χ2v) is 7.12. The first-order valence-corrected chi connectivity index (χ1v) is 10.0. The second-order valence-electron chi connectivity index (χ2n) is 7.12. The van der Waals surface area contributed by atoms with Crippen molar-refractivity contribution in [1.82, 2.24) is 5.32 Å². The number of rotatable bonds is 14. The summed E-state index contributed by atoms with van der Waals surface area (Å²) in [5.74, 6) is 0.675. The topological polar surface area (TPSA) is 21.3 Å². The number of allylic oxidation sites excluding steroid dienone is 1. The molecular formula is C21H39NO. The maximum Gasteiger partial charge on any atom is 0.189 e. The first-order chi connectivity index (χ1) is 11.2. The van der Waals surface area contributed by atoms with Crippen LogP contribution < -0.4 is 5.32 Å². The molecule has 0 aromatic carbocycles. The largest absolute Gasteiger partial charge is 0.448 e. The number of ether oxygens (including phenoxy) is 1. The summed E-state index contributed by atoms with van der Waals surface area (Å²) in [5.41, 5.74) is 1.49. The van der Waals surface area contributed by atoms with Crippen LogP contribution in [0.1, 0.15) is 104 Å². The molecule has 1 rings (SSSR count). The highest BCUT2D eigenvalue weighted by atomic mass is 16.5. The van der Waals surface area contributed by atoms with Crippen molar-refractivity contribution in [3.8, 4) is 0 Å². The maximum atomic E-state index is 5.41. The average Bonchev–Trinajstić information content (AvgIpc) is 3.00. The normalized spacial score (nSPS) is 14.6. The molecule has 134 valence electrons. The van der Waals surface area contributed by atoms with Crippen LogP contribution in [0.4, 0.5) is 0 Å². The van der Waals surface area contributed by atoms with E-state index in [1.165, 1.54) is 76.3 Å². The Bertz CT molecular complexity index is 355. The highest BCUT2D eigenvalue weighted by Crippen LogP contribution is 2.41. The van der Waals surface area contributed by atoms with Crippen molar-refractivity contribution in [2.45, 2.75) is 104 Å². The molecule has 0 unspecified atom stereocenters. The first-order valence-electron chi connectivity index (χ1n) is 10.0. The van der Waals surface area contributed by atoms with Crippen molar-refractivity contribution in [2.75, 3.05) is 0 Å². The van der Waals surface area contributed by atoms with E-state index in [4.69, 9.17) is 4.74 Å². The lowest BCUT2D eigenvalue weighted by Crippen LogP contribution is -2.28. The van der Waals surface area contributed by atoms with E-state index in [0.717, 1.165) is 12.8 Å². The number of hydrogen-bond donors (Lipinski definition) is 1. The summed E-state index contributed by atoms with van der Waals surface area (Å²) in [4.78, 5) is 0. The van der Waals surface area contributed by atoms with Crippen LogP contribution >= 0.6 is 0 Å². The molecule has 0 aromatic rings. The van der Waals surface area contributed by atoms with Crippen LogP contribution in [0.15, 0.2) is 24.4 Å². The monoisotopic (exact) mass is 321 g/mol. The van der Waals surface area contributed by atoms with Crippen molar-refractivity contribution >= 4 is 0 Å². The van der Waals surface area contributed by atoms with Crippen LogP contribution in [0.3, 0.4) is 0 Å². The van der Waals surface area contributed by atoms with Gasteiger partial charge in [-0.15, -0.1) is 0 Å². The molecule has 0 spiro atoms. The summed E-state index contributed by atoms with van der Waals surface area (Å²) in [6.45, 7) is 10.7. The molecule has 0 radical (unpaired) electrons. The molecule has 0 atom stereocenters. The standard InChI is InChI=1S/C21H39NO/c1-5-8-9-10-11-12-13-14-15-16-17-21(6-2,7-3)20-18-23-19(4)22-20/h18,22H,4-17H2,1-3H3. The Labute approximate surface area is 144 Å². The Morgan fingerprint density at radius 2 is 1.39 bits per heavy atom. The van der Waals surface area contributed by atoms with Gasteiger partial charge in [-0.3, -0.25) is 0 Å². The molecule has 2 heteroatoms. The molecule has 0 aromatic heterocycles. The molecule has 0 saturated heterocycles. The molecule has 0 fully saturated rings. The number of unbranched alkanes of at least 4 members (excludes halogenated alkanes) is 9. The Balaban J connectivity index is 2.15. The summed E-state index contributed by atoms with van der Waals surface area (Å²) in [6, 6.07) is 0. The van der Waals surface area contributed by atoms with E-state index in [1.807, 2.05) is 6.26 Å². The highest BCUT2D eigenvalue weighted by molar-refractivity contribution is 5.18. The molecule has 1 N–H and O–H groups in total. The van der Waals surface area contributed by atoms with E-state index in [-0.39, 0.29) is 5.41 Å². The van der Waals surface area contributed by atoms with Gasteiger partial charge in [-0.05, 0) is 25.8 Å². The lowest BCUT2D eigenvalue weighted by molar-refractivity contribution is 0.277. The van der Waals surface area contributed by atoms with Gasteiger partial charge in [0.1, 0.15) is 6.26 Å². The van der Waals surface area contributed by atoms with Crippen molar-refractivity contribution in [3.63, 3.8) is 0 Å². The van der Waals surface area contributed by atoms with E-state index in [0.29, 0.717) is 5.88 Å². The minimum atomic E-state index is 0.250. The number of hydrogen-bond acceptors (Lipinski definition) is 2. The first kappa shape index (κ1) is 20.1. The smallest absolute Gasteiger partial charge is 0.189 e. The Morgan fingerprint density at radius 1 is 0.870 bits per heavy atom. The molecular weight excluding hydrogens is 282 g/mol. The van der Waals surface area contributed by atoms with Gasteiger partial charge in [-0.2, -0.15) is 0 Å². The highest BCUT2D eigenvalue weighted by Gasteiger charge is 2.33.